The highest BCUT2D eigenvalue weighted by atomic mass is 16.2. The molecule has 0 bridgehead atoms. The van der Waals surface area contributed by atoms with E-state index in [0.717, 1.165) is 28.7 Å². The summed E-state index contributed by atoms with van der Waals surface area (Å²) in [5.74, 6) is 0.245. The van der Waals surface area contributed by atoms with Crippen LogP contribution in [-0.4, -0.2) is 35.7 Å². The van der Waals surface area contributed by atoms with Crippen LogP contribution in [0, 0.1) is 0 Å². The number of imidazole rings is 1. The molecule has 4 aromatic rings. The maximum absolute atomic E-state index is 13.0. The lowest BCUT2D eigenvalue weighted by Crippen LogP contribution is -2.29. The molecule has 2 aromatic heterocycles. The standard InChI is InChI=1S/C24H24N6O2/c1-3-5-11-19-16-30(22(31)4-2)24(32)29(19)15-17-12-13-20(18-9-7-6-8-10-18)21(14-17)23-25-27-28-26-23/h5-14,16H,3-4,15H2,1-2H3,(H,25,26,27,28). The van der Waals surface area contributed by atoms with Crippen molar-refractivity contribution in [3.8, 4) is 22.5 Å². The van der Waals surface area contributed by atoms with Gasteiger partial charge < -0.3 is 0 Å². The average Bonchev–Trinajstić information content (AvgIpc) is 3.47. The van der Waals surface area contributed by atoms with Crippen molar-refractivity contribution in [2.45, 2.75) is 33.2 Å². The van der Waals surface area contributed by atoms with Gasteiger partial charge in [-0.15, -0.1) is 10.2 Å². The Kier molecular flexibility index (Phi) is 6.21. The van der Waals surface area contributed by atoms with E-state index in [1.165, 1.54) is 4.57 Å². The summed E-state index contributed by atoms with van der Waals surface area (Å²) in [4.78, 5) is 25.2. The number of allylic oxidation sites excluding steroid dienone is 1. The summed E-state index contributed by atoms with van der Waals surface area (Å²) < 4.78 is 2.80. The third-order valence-electron chi connectivity index (χ3n) is 5.20. The molecule has 1 N–H and O–H groups in total. The Bertz CT molecular complexity index is 1300. The Morgan fingerprint density at radius 2 is 1.91 bits per heavy atom. The first-order valence-corrected chi connectivity index (χ1v) is 10.6. The Morgan fingerprint density at radius 3 is 2.59 bits per heavy atom. The third kappa shape index (κ3) is 4.20. The number of nitrogens with zero attached hydrogens (tertiary/aromatic N) is 5. The summed E-state index contributed by atoms with van der Waals surface area (Å²) in [6.07, 6.45) is 6.54. The minimum absolute atomic E-state index is 0.230. The van der Waals surface area contributed by atoms with Crippen LogP contribution in [0.3, 0.4) is 0 Å². The molecule has 0 aliphatic rings. The fraction of sp³-hybridized carbons (Fsp3) is 0.208. The van der Waals surface area contributed by atoms with Crippen molar-refractivity contribution in [2.75, 3.05) is 0 Å². The van der Waals surface area contributed by atoms with E-state index in [2.05, 4.69) is 20.6 Å². The minimum atomic E-state index is -0.346. The molecule has 2 aromatic carbocycles. The molecule has 2 heterocycles. The minimum Gasteiger partial charge on any atom is -0.288 e. The zero-order chi connectivity index (χ0) is 22.5. The molecule has 0 aliphatic heterocycles. The zero-order valence-corrected chi connectivity index (χ0v) is 18.0. The number of H-pyrrole nitrogens is 1. The van der Waals surface area contributed by atoms with Gasteiger partial charge in [0.15, 0.2) is 0 Å². The third-order valence-corrected chi connectivity index (χ3v) is 5.20. The summed E-state index contributed by atoms with van der Waals surface area (Å²) in [6.45, 7) is 4.08. The lowest BCUT2D eigenvalue weighted by atomic mass is 9.97. The van der Waals surface area contributed by atoms with Crippen molar-refractivity contribution in [1.29, 1.82) is 0 Å². The number of aromatic amines is 1. The number of carbonyl (C=O) groups is 1. The number of nitrogens with one attached hydrogen (secondary N) is 1. The summed E-state index contributed by atoms with van der Waals surface area (Å²) in [7, 11) is 0. The van der Waals surface area contributed by atoms with Gasteiger partial charge in [-0.05, 0) is 40.5 Å². The lowest BCUT2D eigenvalue weighted by Gasteiger charge is -2.11. The van der Waals surface area contributed by atoms with Crippen LogP contribution >= 0.6 is 0 Å². The Hall–Kier alpha value is -4.07. The molecule has 32 heavy (non-hydrogen) atoms. The smallest absolute Gasteiger partial charge is 0.288 e. The first kappa shape index (κ1) is 21.2. The highest BCUT2D eigenvalue weighted by molar-refractivity contribution is 5.81. The second-order valence-electron chi connectivity index (χ2n) is 7.33. The van der Waals surface area contributed by atoms with Crippen LogP contribution in [0.4, 0.5) is 0 Å². The average molecular weight is 428 g/mol. The SMILES string of the molecule is CCC=Cc1cn(C(=O)CC)c(=O)n1Cc1ccc(-c2ccccc2)c(-c2nn[nH]n2)c1. The number of carbonyl (C=O) groups excluding carboxylic acids is 1. The van der Waals surface area contributed by atoms with Crippen molar-refractivity contribution < 1.29 is 4.79 Å². The molecule has 0 saturated carbocycles. The summed E-state index contributed by atoms with van der Waals surface area (Å²) in [5, 5.41) is 14.5. The number of rotatable bonds is 7. The van der Waals surface area contributed by atoms with Gasteiger partial charge in [-0.25, -0.2) is 9.36 Å². The van der Waals surface area contributed by atoms with Crippen LogP contribution in [-0.2, 0) is 6.54 Å². The van der Waals surface area contributed by atoms with Crippen molar-refractivity contribution >= 4 is 12.0 Å². The molecule has 4 rings (SSSR count). The van der Waals surface area contributed by atoms with E-state index >= 15 is 0 Å². The number of benzene rings is 2. The molecule has 0 fully saturated rings. The van der Waals surface area contributed by atoms with Crippen LogP contribution in [0.2, 0.25) is 0 Å². The molecule has 0 amide bonds. The van der Waals surface area contributed by atoms with Gasteiger partial charge in [0.25, 0.3) is 0 Å². The molecule has 0 spiro atoms. The molecular weight excluding hydrogens is 404 g/mol. The normalized spacial score (nSPS) is 11.3. The van der Waals surface area contributed by atoms with E-state index in [9.17, 15) is 9.59 Å². The molecule has 0 saturated heterocycles. The highest BCUT2D eigenvalue weighted by Crippen LogP contribution is 2.31. The molecule has 0 aliphatic carbocycles. The summed E-state index contributed by atoms with van der Waals surface area (Å²) >= 11 is 0. The van der Waals surface area contributed by atoms with Crippen molar-refractivity contribution in [1.82, 2.24) is 29.8 Å². The fourth-order valence-corrected chi connectivity index (χ4v) is 3.58. The number of aromatic nitrogens is 6. The monoisotopic (exact) mass is 428 g/mol. The van der Waals surface area contributed by atoms with Gasteiger partial charge in [-0.2, -0.15) is 5.21 Å². The highest BCUT2D eigenvalue weighted by Gasteiger charge is 2.16. The van der Waals surface area contributed by atoms with Gasteiger partial charge in [0.1, 0.15) is 0 Å². The molecular formula is C24H24N6O2. The first-order valence-electron chi connectivity index (χ1n) is 10.6. The number of tetrazole rings is 1. The van der Waals surface area contributed by atoms with Gasteiger partial charge in [0.2, 0.25) is 11.7 Å². The van der Waals surface area contributed by atoms with E-state index in [-0.39, 0.29) is 18.0 Å². The van der Waals surface area contributed by atoms with E-state index in [4.69, 9.17) is 0 Å². The second-order valence-corrected chi connectivity index (χ2v) is 7.33. The van der Waals surface area contributed by atoms with Crippen LogP contribution in [0.1, 0.15) is 42.7 Å². The fourth-order valence-electron chi connectivity index (χ4n) is 3.58. The van der Waals surface area contributed by atoms with Crippen molar-refractivity contribution in [3.05, 3.63) is 82.5 Å². The van der Waals surface area contributed by atoms with Crippen LogP contribution < -0.4 is 5.69 Å². The van der Waals surface area contributed by atoms with E-state index in [1.54, 1.807) is 17.7 Å². The van der Waals surface area contributed by atoms with Gasteiger partial charge in [-0.1, -0.05) is 62.4 Å². The van der Waals surface area contributed by atoms with Crippen LogP contribution in [0.25, 0.3) is 28.6 Å². The van der Waals surface area contributed by atoms with E-state index < -0.39 is 0 Å². The van der Waals surface area contributed by atoms with Gasteiger partial charge in [-0.3, -0.25) is 9.36 Å². The molecule has 8 nitrogen and oxygen atoms in total. The molecule has 162 valence electrons. The predicted molar refractivity (Wildman–Crippen MR) is 123 cm³/mol. The summed E-state index contributed by atoms with van der Waals surface area (Å²) in [6, 6.07) is 15.9. The first-order chi connectivity index (χ1) is 15.6. The van der Waals surface area contributed by atoms with Crippen LogP contribution in [0.5, 0.6) is 0 Å². The Morgan fingerprint density at radius 1 is 1.09 bits per heavy atom. The largest absolute Gasteiger partial charge is 0.335 e. The quantitative estimate of drug-likeness (QED) is 0.479. The van der Waals surface area contributed by atoms with Crippen molar-refractivity contribution in [2.24, 2.45) is 0 Å². The van der Waals surface area contributed by atoms with E-state index in [1.807, 2.05) is 67.6 Å². The maximum Gasteiger partial charge on any atom is 0.335 e. The second kappa shape index (κ2) is 9.38. The van der Waals surface area contributed by atoms with E-state index in [0.29, 0.717) is 18.1 Å². The number of hydrogen-bond acceptors (Lipinski definition) is 5. The van der Waals surface area contributed by atoms with Gasteiger partial charge in [0, 0.05) is 18.2 Å². The summed E-state index contributed by atoms with van der Waals surface area (Å²) in [5.41, 5.74) is 4.03. The molecule has 0 atom stereocenters. The Labute approximate surface area is 185 Å². The number of hydrogen-bond donors (Lipinski definition) is 1. The van der Waals surface area contributed by atoms with Gasteiger partial charge >= 0.3 is 5.69 Å². The maximum atomic E-state index is 13.0. The topological polar surface area (TPSA) is 98.5 Å². The predicted octanol–water partition coefficient (Wildman–Crippen LogP) is 4.02. The Balaban J connectivity index is 1.80. The molecule has 0 radical (unpaired) electrons. The lowest BCUT2D eigenvalue weighted by molar-refractivity contribution is 0.0904. The molecule has 8 heteroatoms. The van der Waals surface area contributed by atoms with Crippen molar-refractivity contribution in [3.63, 3.8) is 0 Å². The van der Waals surface area contributed by atoms with Gasteiger partial charge in [0.05, 0.1) is 12.2 Å². The van der Waals surface area contributed by atoms with Crippen LogP contribution in [0.15, 0.2) is 65.6 Å². The molecule has 0 unspecified atom stereocenters. The zero-order valence-electron chi connectivity index (χ0n) is 18.0.